The fourth-order valence-corrected chi connectivity index (χ4v) is 4.66. The molecule has 4 rings (SSSR count). The van der Waals surface area contributed by atoms with Crippen molar-refractivity contribution in [2.45, 2.75) is 10.9 Å². The number of nitrogens with zero attached hydrogens (tertiary/aromatic N) is 4. The van der Waals surface area contributed by atoms with E-state index in [4.69, 9.17) is 11.6 Å². The third-order valence-electron chi connectivity index (χ3n) is 4.17. The second-order valence-corrected chi connectivity index (χ2v) is 9.65. The molecular weight excluding hydrogens is 460 g/mol. The summed E-state index contributed by atoms with van der Waals surface area (Å²) in [7, 11) is -3.89. The zero-order chi connectivity index (χ0) is 21.8. The molecule has 12 heteroatoms. The summed E-state index contributed by atoms with van der Waals surface area (Å²) in [4.78, 5) is 16.2. The number of nitrogens with one attached hydrogen (secondary N) is 2. The van der Waals surface area contributed by atoms with Gasteiger partial charge in [0.25, 0.3) is 15.9 Å². The van der Waals surface area contributed by atoms with Gasteiger partial charge in [0.05, 0.1) is 6.33 Å². The Bertz CT molecular complexity index is 1290. The van der Waals surface area contributed by atoms with Crippen LogP contribution in [0.25, 0.3) is 5.69 Å². The van der Waals surface area contributed by atoms with Crippen LogP contribution in [0, 0.1) is 0 Å². The summed E-state index contributed by atoms with van der Waals surface area (Å²) in [5.41, 5.74) is 2.05. The number of rotatable bonds is 7. The number of sulfonamides is 1. The third-order valence-corrected chi connectivity index (χ3v) is 7.03. The predicted molar refractivity (Wildman–Crippen MR) is 117 cm³/mol. The Balaban J connectivity index is 1.38. The number of imidazole rings is 1. The number of hydrogen-bond acceptors (Lipinski definition) is 7. The van der Waals surface area contributed by atoms with Gasteiger partial charge in [0.1, 0.15) is 0 Å². The second kappa shape index (κ2) is 8.94. The van der Waals surface area contributed by atoms with E-state index >= 15 is 0 Å². The molecule has 0 unspecified atom stereocenters. The van der Waals surface area contributed by atoms with E-state index in [9.17, 15) is 13.2 Å². The summed E-state index contributed by atoms with van der Waals surface area (Å²) in [6.45, 7) is 0.0819. The first-order chi connectivity index (χ1) is 14.9. The third kappa shape index (κ3) is 5.14. The summed E-state index contributed by atoms with van der Waals surface area (Å²) in [5.74, 6) is -0.442. The predicted octanol–water partition coefficient (Wildman–Crippen LogP) is 3.11. The van der Waals surface area contributed by atoms with Crippen molar-refractivity contribution in [2.24, 2.45) is 0 Å². The fourth-order valence-electron chi connectivity index (χ4n) is 2.58. The van der Waals surface area contributed by atoms with E-state index in [2.05, 4.69) is 25.2 Å². The number of carbonyl (C=O) groups is 1. The molecule has 4 aromatic rings. The zero-order valence-electron chi connectivity index (χ0n) is 15.8. The maximum Gasteiger partial charge on any atom is 0.270 e. The maximum atomic E-state index is 12.5. The van der Waals surface area contributed by atoms with E-state index in [1.54, 1.807) is 36.8 Å². The van der Waals surface area contributed by atoms with Crippen LogP contribution in [0.4, 0.5) is 5.13 Å². The minimum atomic E-state index is -3.89. The first kappa shape index (κ1) is 21.1. The van der Waals surface area contributed by atoms with Gasteiger partial charge in [-0.25, -0.2) is 18.1 Å². The topological polar surface area (TPSA) is 119 Å². The van der Waals surface area contributed by atoms with Crippen molar-refractivity contribution in [3.05, 3.63) is 83.4 Å². The molecule has 31 heavy (non-hydrogen) atoms. The van der Waals surface area contributed by atoms with Crippen LogP contribution >= 0.6 is 22.9 Å². The molecule has 0 aliphatic heterocycles. The number of benzene rings is 2. The molecule has 0 spiro atoms. The highest BCUT2D eigenvalue weighted by Gasteiger charge is 2.21. The van der Waals surface area contributed by atoms with Crippen molar-refractivity contribution in [2.75, 3.05) is 5.32 Å². The molecule has 0 fully saturated rings. The molecule has 0 aliphatic carbocycles. The summed E-state index contributed by atoms with van der Waals surface area (Å²) in [5, 5.41) is 10.5. The van der Waals surface area contributed by atoms with Crippen LogP contribution in [0.15, 0.2) is 71.6 Å². The highest BCUT2D eigenvalue weighted by molar-refractivity contribution is 7.91. The van der Waals surface area contributed by atoms with Crippen molar-refractivity contribution in [3.63, 3.8) is 0 Å². The number of carbonyl (C=O) groups excluding carboxylic acids is 1. The van der Waals surface area contributed by atoms with Gasteiger partial charge in [-0.1, -0.05) is 35.1 Å². The lowest BCUT2D eigenvalue weighted by atomic mass is 10.2. The lowest BCUT2D eigenvalue weighted by Gasteiger charge is -2.06. The molecule has 0 aliphatic rings. The van der Waals surface area contributed by atoms with E-state index in [0.29, 0.717) is 10.6 Å². The molecular formula is C19H15ClN6O3S2. The Kier molecular flexibility index (Phi) is 6.09. The van der Waals surface area contributed by atoms with E-state index < -0.39 is 15.9 Å². The van der Waals surface area contributed by atoms with Gasteiger partial charge in [-0.3, -0.25) is 10.1 Å². The van der Waals surface area contributed by atoms with Crippen LogP contribution in [-0.4, -0.2) is 34.1 Å². The highest BCUT2D eigenvalue weighted by atomic mass is 35.5. The minimum absolute atomic E-state index is 0.0741. The SMILES string of the molecule is O=C(Nc1nnc(S(=O)(=O)NCc2ccc(-n3ccnc3)cc2)s1)c1ccc(Cl)cc1. The van der Waals surface area contributed by atoms with Crippen LogP contribution in [0.1, 0.15) is 15.9 Å². The van der Waals surface area contributed by atoms with Crippen molar-refractivity contribution < 1.29 is 13.2 Å². The molecule has 2 N–H and O–H groups in total. The van der Waals surface area contributed by atoms with Gasteiger partial charge in [-0.15, -0.1) is 10.2 Å². The Morgan fingerprint density at radius 2 is 1.81 bits per heavy atom. The van der Waals surface area contributed by atoms with Crippen LogP contribution in [0.5, 0.6) is 0 Å². The van der Waals surface area contributed by atoms with Crippen LogP contribution in [-0.2, 0) is 16.6 Å². The molecule has 1 amide bonds. The van der Waals surface area contributed by atoms with Gasteiger partial charge in [0.2, 0.25) is 9.47 Å². The van der Waals surface area contributed by atoms with Gasteiger partial charge >= 0.3 is 0 Å². The molecule has 2 heterocycles. The normalized spacial score (nSPS) is 11.4. The Labute approximate surface area is 186 Å². The summed E-state index contributed by atoms with van der Waals surface area (Å²) < 4.78 is 29.1. The van der Waals surface area contributed by atoms with Gasteiger partial charge in [0.15, 0.2) is 0 Å². The van der Waals surface area contributed by atoms with Gasteiger partial charge < -0.3 is 4.57 Å². The summed E-state index contributed by atoms with van der Waals surface area (Å²) in [6.07, 6.45) is 5.17. The lowest BCUT2D eigenvalue weighted by Crippen LogP contribution is -2.23. The van der Waals surface area contributed by atoms with Crippen molar-refractivity contribution >= 4 is 44.0 Å². The number of anilines is 1. The molecule has 158 valence electrons. The number of halogens is 1. The Morgan fingerprint density at radius 3 is 2.48 bits per heavy atom. The molecule has 0 saturated heterocycles. The first-order valence-electron chi connectivity index (χ1n) is 8.88. The smallest absolute Gasteiger partial charge is 0.270 e. The number of amides is 1. The van der Waals surface area contributed by atoms with Crippen LogP contribution in [0.3, 0.4) is 0 Å². The molecule has 0 radical (unpaired) electrons. The monoisotopic (exact) mass is 474 g/mol. The largest absolute Gasteiger partial charge is 0.306 e. The maximum absolute atomic E-state index is 12.5. The quantitative estimate of drug-likeness (QED) is 0.397. The minimum Gasteiger partial charge on any atom is -0.306 e. The summed E-state index contributed by atoms with van der Waals surface area (Å²) in [6, 6.07) is 13.6. The molecule has 0 bridgehead atoms. The average molecular weight is 475 g/mol. The number of aromatic nitrogens is 4. The van der Waals surface area contributed by atoms with Crippen molar-refractivity contribution in [1.29, 1.82) is 0 Å². The highest BCUT2D eigenvalue weighted by Crippen LogP contribution is 2.21. The van der Waals surface area contributed by atoms with E-state index in [1.165, 1.54) is 0 Å². The van der Waals surface area contributed by atoms with E-state index in [-0.39, 0.29) is 16.0 Å². The lowest BCUT2D eigenvalue weighted by molar-refractivity contribution is 0.102. The van der Waals surface area contributed by atoms with Gasteiger partial charge in [0, 0.05) is 35.2 Å². The standard InChI is InChI=1S/C19H15ClN6O3S2/c20-15-5-3-14(4-6-15)17(27)23-18-24-25-19(30-18)31(28,29)22-11-13-1-7-16(8-2-13)26-10-9-21-12-26/h1-10,12,22H,11H2,(H,23,24,27). The number of hydrogen-bond donors (Lipinski definition) is 2. The summed E-state index contributed by atoms with van der Waals surface area (Å²) >= 11 is 6.57. The van der Waals surface area contributed by atoms with Crippen LogP contribution in [0.2, 0.25) is 5.02 Å². The molecule has 2 aromatic carbocycles. The molecule has 0 saturated carbocycles. The van der Waals surface area contributed by atoms with E-state index in [1.807, 2.05) is 35.0 Å². The Hall–Kier alpha value is -3.12. The zero-order valence-corrected chi connectivity index (χ0v) is 18.2. The van der Waals surface area contributed by atoms with Crippen molar-refractivity contribution in [3.8, 4) is 5.69 Å². The molecule has 2 aromatic heterocycles. The van der Waals surface area contributed by atoms with Gasteiger partial charge in [-0.2, -0.15) is 0 Å². The Morgan fingerprint density at radius 1 is 1.06 bits per heavy atom. The second-order valence-electron chi connectivity index (χ2n) is 6.30. The first-order valence-corrected chi connectivity index (χ1v) is 11.6. The van der Waals surface area contributed by atoms with Crippen molar-refractivity contribution in [1.82, 2.24) is 24.5 Å². The molecule has 0 atom stereocenters. The van der Waals surface area contributed by atoms with Gasteiger partial charge in [-0.05, 0) is 42.0 Å². The fraction of sp³-hybridized carbons (Fsp3) is 0.0526. The van der Waals surface area contributed by atoms with Crippen LogP contribution < -0.4 is 10.0 Å². The van der Waals surface area contributed by atoms with E-state index in [0.717, 1.165) is 22.6 Å². The average Bonchev–Trinajstić information content (AvgIpc) is 3.46. The molecule has 9 nitrogen and oxygen atoms in total.